The van der Waals surface area contributed by atoms with E-state index in [0.29, 0.717) is 10.5 Å². The van der Waals surface area contributed by atoms with E-state index in [0.717, 1.165) is 38.2 Å². The Kier molecular flexibility index (Phi) is 5.21. The smallest absolute Gasteiger partial charge is 0.283 e. The molecule has 1 fully saturated rings. The Hall–Kier alpha value is -0.880. The lowest BCUT2D eigenvalue weighted by Gasteiger charge is -2.32. The summed E-state index contributed by atoms with van der Waals surface area (Å²) in [7, 11) is 0. The van der Waals surface area contributed by atoms with Gasteiger partial charge < -0.3 is 10.2 Å². The Balaban J connectivity index is 2.07. The van der Waals surface area contributed by atoms with Gasteiger partial charge in [0.1, 0.15) is 4.47 Å². The van der Waals surface area contributed by atoms with Gasteiger partial charge in [0.15, 0.2) is 0 Å². The summed E-state index contributed by atoms with van der Waals surface area (Å²) in [4.78, 5) is 14.6. The van der Waals surface area contributed by atoms with Gasteiger partial charge in [0, 0.05) is 19.1 Å². The van der Waals surface area contributed by atoms with Crippen molar-refractivity contribution < 1.29 is 0 Å². The number of hydrogen-bond donors (Lipinski definition) is 1. The van der Waals surface area contributed by atoms with Crippen LogP contribution in [0.1, 0.15) is 39.7 Å². The fourth-order valence-electron chi connectivity index (χ4n) is 2.53. The topological polar surface area (TPSA) is 50.2 Å². The van der Waals surface area contributed by atoms with Crippen LogP contribution in [0.4, 0.5) is 5.69 Å². The number of hydrogen-bond acceptors (Lipinski definition) is 4. The van der Waals surface area contributed by atoms with E-state index >= 15 is 0 Å². The monoisotopic (exact) mass is 342 g/mol. The molecule has 1 saturated heterocycles. The molecule has 1 aliphatic rings. The van der Waals surface area contributed by atoms with Crippen molar-refractivity contribution in [3.8, 4) is 0 Å². The molecule has 112 valence electrons. The summed E-state index contributed by atoms with van der Waals surface area (Å²) in [6, 6.07) is 0.492. The predicted molar refractivity (Wildman–Crippen MR) is 85.3 cm³/mol. The molecule has 1 aromatic rings. The molecule has 1 N–H and O–H groups in total. The fourth-order valence-corrected chi connectivity index (χ4v) is 2.93. The van der Waals surface area contributed by atoms with Crippen LogP contribution in [-0.4, -0.2) is 40.4 Å². The van der Waals surface area contributed by atoms with Gasteiger partial charge in [-0.05, 0) is 49.2 Å². The van der Waals surface area contributed by atoms with Gasteiger partial charge in [-0.1, -0.05) is 6.92 Å². The van der Waals surface area contributed by atoms with Crippen molar-refractivity contribution in [3.05, 3.63) is 21.0 Å². The molecule has 0 spiro atoms. The third-order valence-electron chi connectivity index (χ3n) is 3.83. The standard InChI is InChI=1S/C14H23BrN4O/c1-4-18-7-5-11(6-8-18)17-12-9-16-19(10(2)3)14(20)13(12)15/h9-11,17H,4-8H2,1-3H3. The molecular weight excluding hydrogens is 320 g/mol. The van der Waals surface area contributed by atoms with Crippen LogP contribution in [0, 0.1) is 0 Å². The van der Waals surface area contributed by atoms with Crippen molar-refractivity contribution >= 4 is 21.6 Å². The maximum atomic E-state index is 12.2. The molecule has 2 rings (SSSR count). The molecule has 0 radical (unpaired) electrons. The molecule has 0 saturated carbocycles. The third-order valence-corrected chi connectivity index (χ3v) is 4.59. The Morgan fingerprint density at radius 1 is 1.45 bits per heavy atom. The van der Waals surface area contributed by atoms with E-state index < -0.39 is 0 Å². The molecule has 20 heavy (non-hydrogen) atoms. The van der Waals surface area contributed by atoms with Gasteiger partial charge in [-0.3, -0.25) is 4.79 Å². The van der Waals surface area contributed by atoms with Gasteiger partial charge in [0.05, 0.1) is 17.9 Å². The summed E-state index contributed by atoms with van der Waals surface area (Å²) in [5.41, 5.74) is 0.734. The van der Waals surface area contributed by atoms with Crippen LogP contribution < -0.4 is 10.9 Å². The van der Waals surface area contributed by atoms with E-state index in [1.54, 1.807) is 6.20 Å². The number of nitrogens with one attached hydrogen (secondary N) is 1. The van der Waals surface area contributed by atoms with Crippen molar-refractivity contribution in [2.75, 3.05) is 25.0 Å². The van der Waals surface area contributed by atoms with E-state index in [-0.39, 0.29) is 11.6 Å². The van der Waals surface area contributed by atoms with Crippen LogP contribution in [0.25, 0.3) is 0 Å². The first kappa shape index (κ1) is 15.5. The maximum Gasteiger partial charge on any atom is 0.283 e. The first-order chi connectivity index (χ1) is 9.52. The van der Waals surface area contributed by atoms with E-state index in [1.807, 2.05) is 13.8 Å². The number of anilines is 1. The Morgan fingerprint density at radius 2 is 2.10 bits per heavy atom. The number of likely N-dealkylation sites (tertiary alicyclic amines) is 1. The minimum atomic E-state index is -0.0732. The van der Waals surface area contributed by atoms with Crippen molar-refractivity contribution in [2.24, 2.45) is 0 Å². The van der Waals surface area contributed by atoms with Gasteiger partial charge >= 0.3 is 0 Å². The molecular formula is C14H23BrN4O. The first-order valence-electron chi connectivity index (χ1n) is 7.29. The van der Waals surface area contributed by atoms with E-state index in [4.69, 9.17) is 0 Å². The minimum Gasteiger partial charge on any atom is -0.380 e. The summed E-state index contributed by atoms with van der Waals surface area (Å²) in [6.07, 6.45) is 3.96. The van der Waals surface area contributed by atoms with Crippen molar-refractivity contribution in [3.63, 3.8) is 0 Å². The van der Waals surface area contributed by atoms with E-state index in [9.17, 15) is 4.79 Å². The van der Waals surface area contributed by atoms with Gasteiger partial charge in [-0.25, -0.2) is 4.68 Å². The molecule has 1 aliphatic heterocycles. The number of aromatic nitrogens is 2. The fraction of sp³-hybridized carbons (Fsp3) is 0.714. The van der Waals surface area contributed by atoms with Crippen LogP contribution in [0.15, 0.2) is 15.5 Å². The van der Waals surface area contributed by atoms with Gasteiger partial charge in [-0.2, -0.15) is 5.10 Å². The van der Waals surface area contributed by atoms with Crippen LogP contribution in [0.5, 0.6) is 0 Å². The largest absolute Gasteiger partial charge is 0.380 e. The average Bonchev–Trinajstić information content (AvgIpc) is 2.44. The number of rotatable bonds is 4. The van der Waals surface area contributed by atoms with Crippen LogP contribution >= 0.6 is 15.9 Å². The lowest BCUT2D eigenvalue weighted by Crippen LogP contribution is -2.39. The molecule has 0 aliphatic carbocycles. The predicted octanol–water partition coefficient (Wildman–Crippen LogP) is 2.48. The molecule has 0 atom stereocenters. The lowest BCUT2D eigenvalue weighted by atomic mass is 10.1. The molecule has 6 heteroatoms. The van der Waals surface area contributed by atoms with Gasteiger partial charge in [0.25, 0.3) is 5.56 Å². The van der Waals surface area contributed by atoms with Crippen LogP contribution in [-0.2, 0) is 0 Å². The van der Waals surface area contributed by atoms with Crippen molar-refractivity contribution in [1.82, 2.24) is 14.7 Å². The molecule has 2 heterocycles. The quantitative estimate of drug-likeness (QED) is 0.913. The zero-order valence-corrected chi connectivity index (χ0v) is 14.0. The molecule has 1 aromatic heterocycles. The summed E-state index contributed by atoms with van der Waals surface area (Å²) in [5.74, 6) is 0. The molecule has 5 nitrogen and oxygen atoms in total. The number of nitrogens with zero attached hydrogens (tertiary/aromatic N) is 3. The minimum absolute atomic E-state index is 0.0700. The highest BCUT2D eigenvalue weighted by Crippen LogP contribution is 2.21. The third kappa shape index (κ3) is 3.41. The van der Waals surface area contributed by atoms with Crippen LogP contribution in [0.3, 0.4) is 0 Å². The van der Waals surface area contributed by atoms with Crippen LogP contribution in [0.2, 0.25) is 0 Å². The van der Waals surface area contributed by atoms with Crippen molar-refractivity contribution in [2.45, 2.75) is 45.7 Å². The Labute approximate surface area is 128 Å². The zero-order chi connectivity index (χ0) is 14.7. The summed E-state index contributed by atoms with van der Waals surface area (Å²) in [5, 5.41) is 7.69. The lowest BCUT2D eigenvalue weighted by molar-refractivity contribution is 0.229. The Bertz CT molecular complexity index is 506. The Morgan fingerprint density at radius 3 is 2.65 bits per heavy atom. The molecule has 0 aromatic carbocycles. The van der Waals surface area contributed by atoms with E-state index in [2.05, 4.69) is 38.2 Å². The normalized spacial score (nSPS) is 17.6. The highest BCUT2D eigenvalue weighted by atomic mass is 79.9. The van der Waals surface area contributed by atoms with Gasteiger partial charge in [0.2, 0.25) is 0 Å². The van der Waals surface area contributed by atoms with Gasteiger partial charge in [-0.15, -0.1) is 0 Å². The first-order valence-corrected chi connectivity index (χ1v) is 8.08. The molecule has 0 amide bonds. The highest BCUT2D eigenvalue weighted by Gasteiger charge is 2.19. The summed E-state index contributed by atoms with van der Waals surface area (Å²) >= 11 is 3.41. The second-order valence-corrected chi connectivity index (χ2v) is 6.36. The molecule has 0 unspecified atom stereocenters. The zero-order valence-electron chi connectivity index (χ0n) is 12.4. The number of halogens is 1. The van der Waals surface area contributed by atoms with E-state index in [1.165, 1.54) is 4.68 Å². The highest BCUT2D eigenvalue weighted by molar-refractivity contribution is 9.10. The average molecular weight is 343 g/mol. The number of piperidine rings is 1. The maximum absolute atomic E-state index is 12.2. The second-order valence-electron chi connectivity index (χ2n) is 5.57. The summed E-state index contributed by atoms with van der Waals surface area (Å²) in [6.45, 7) is 9.44. The second kappa shape index (κ2) is 6.72. The summed E-state index contributed by atoms with van der Waals surface area (Å²) < 4.78 is 2.08. The SMILES string of the molecule is CCN1CCC(Nc2cnn(C(C)C)c(=O)c2Br)CC1. The van der Waals surface area contributed by atoms with Crippen molar-refractivity contribution in [1.29, 1.82) is 0 Å². The molecule has 0 bridgehead atoms.